The van der Waals surface area contributed by atoms with Gasteiger partial charge in [-0.1, -0.05) is 6.07 Å². The average molecular weight is 238 g/mol. The van der Waals surface area contributed by atoms with Gasteiger partial charge >= 0.3 is 0 Å². The fourth-order valence-corrected chi connectivity index (χ4v) is 1.50. The molecule has 2 rings (SSSR count). The summed E-state index contributed by atoms with van der Waals surface area (Å²) in [7, 11) is 0. The first-order valence-corrected chi connectivity index (χ1v) is 5.23. The minimum atomic E-state index is -0.590. The quantitative estimate of drug-likeness (QED) is 0.840. The van der Waals surface area contributed by atoms with Crippen LogP contribution in [0, 0.1) is 11.6 Å². The lowest BCUT2D eigenvalue weighted by molar-refractivity contribution is 0.573. The van der Waals surface area contributed by atoms with Crippen LogP contribution in [0.1, 0.15) is 17.2 Å². The van der Waals surface area contributed by atoms with E-state index in [9.17, 15) is 8.78 Å². The summed E-state index contributed by atoms with van der Waals surface area (Å²) in [5, 5.41) is 6.64. The molecule has 0 bridgehead atoms. The molecule has 0 fully saturated rings. The van der Waals surface area contributed by atoms with Gasteiger partial charge in [-0.3, -0.25) is 5.10 Å². The van der Waals surface area contributed by atoms with Gasteiger partial charge in [0.25, 0.3) is 0 Å². The standard InChI is InChI=1S/C11H12F2N4/c12-8-2-1-7(9(13)6-8)5-11-15-10(3-4-14)16-17-11/h1-2,6H,3-5,14H2,(H,15,16,17). The fourth-order valence-electron chi connectivity index (χ4n) is 1.50. The van der Waals surface area contributed by atoms with Crippen molar-refractivity contribution in [1.82, 2.24) is 15.2 Å². The number of benzene rings is 1. The van der Waals surface area contributed by atoms with Crippen LogP contribution >= 0.6 is 0 Å². The van der Waals surface area contributed by atoms with E-state index in [1.54, 1.807) is 0 Å². The second-order valence-corrected chi connectivity index (χ2v) is 3.65. The molecule has 4 nitrogen and oxygen atoms in total. The maximum Gasteiger partial charge on any atom is 0.151 e. The number of hydrogen-bond acceptors (Lipinski definition) is 3. The monoisotopic (exact) mass is 238 g/mol. The lowest BCUT2D eigenvalue weighted by Gasteiger charge is -1.99. The number of aromatic nitrogens is 3. The summed E-state index contributed by atoms with van der Waals surface area (Å²) in [6.07, 6.45) is 0.825. The number of nitrogens with zero attached hydrogens (tertiary/aromatic N) is 2. The van der Waals surface area contributed by atoms with Gasteiger partial charge in [-0.15, -0.1) is 0 Å². The molecule has 0 spiro atoms. The van der Waals surface area contributed by atoms with Crippen molar-refractivity contribution in [3.63, 3.8) is 0 Å². The summed E-state index contributed by atoms with van der Waals surface area (Å²) in [5.74, 6) is -0.0293. The molecule has 1 heterocycles. The minimum Gasteiger partial charge on any atom is -0.330 e. The average Bonchev–Trinajstić information content (AvgIpc) is 2.71. The van der Waals surface area contributed by atoms with E-state index in [-0.39, 0.29) is 6.42 Å². The van der Waals surface area contributed by atoms with E-state index in [4.69, 9.17) is 5.73 Å². The molecule has 2 aromatic rings. The molecule has 0 aliphatic carbocycles. The third-order valence-electron chi connectivity index (χ3n) is 2.32. The first-order valence-electron chi connectivity index (χ1n) is 5.23. The number of rotatable bonds is 4. The summed E-state index contributed by atoms with van der Waals surface area (Å²) in [4.78, 5) is 4.15. The molecule has 3 N–H and O–H groups in total. The molecule has 0 aliphatic rings. The van der Waals surface area contributed by atoms with Gasteiger partial charge in [-0.05, 0) is 18.2 Å². The molecule has 90 valence electrons. The molecule has 0 unspecified atom stereocenters. The molecule has 0 saturated carbocycles. The third-order valence-corrected chi connectivity index (χ3v) is 2.32. The van der Waals surface area contributed by atoms with Crippen LogP contribution in [-0.4, -0.2) is 21.7 Å². The molecule has 0 aliphatic heterocycles. The van der Waals surface area contributed by atoms with Crippen LogP contribution in [0.25, 0.3) is 0 Å². The van der Waals surface area contributed by atoms with Gasteiger partial charge in [-0.25, -0.2) is 13.8 Å². The number of nitrogens with one attached hydrogen (secondary N) is 1. The highest BCUT2D eigenvalue weighted by Gasteiger charge is 2.08. The first kappa shape index (κ1) is 11.7. The van der Waals surface area contributed by atoms with E-state index in [1.165, 1.54) is 12.1 Å². The first-order chi connectivity index (χ1) is 8.19. The van der Waals surface area contributed by atoms with Gasteiger partial charge in [0.15, 0.2) is 5.82 Å². The summed E-state index contributed by atoms with van der Waals surface area (Å²) in [6, 6.07) is 3.47. The number of H-pyrrole nitrogens is 1. The second-order valence-electron chi connectivity index (χ2n) is 3.65. The zero-order valence-electron chi connectivity index (χ0n) is 9.08. The summed E-state index contributed by atoms with van der Waals surface area (Å²) < 4.78 is 26.1. The van der Waals surface area contributed by atoms with Gasteiger partial charge in [0.1, 0.15) is 17.5 Å². The van der Waals surface area contributed by atoms with Crippen molar-refractivity contribution in [2.45, 2.75) is 12.8 Å². The lowest BCUT2D eigenvalue weighted by atomic mass is 10.1. The Kier molecular flexibility index (Phi) is 3.43. The smallest absolute Gasteiger partial charge is 0.151 e. The van der Waals surface area contributed by atoms with Gasteiger partial charge in [0.2, 0.25) is 0 Å². The van der Waals surface area contributed by atoms with E-state index in [2.05, 4.69) is 15.2 Å². The summed E-state index contributed by atoms with van der Waals surface area (Å²) in [5.41, 5.74) is 5.74. The Morgan fingerprint density at radius 2 is 2.12 bits per heavy atom. The highest BCUT2D eigenvalue weighted by Crippen LogP contribution is 2.12. The van der Waals surface area contributed by atoms with Crippen molar-refractivity contribution < 1.29 is 8.78 Å². The summed E-state index contributed by atoms with van der Waals surface area (Å²) >= 11 is 0. The Labute approximate surface area is 96.9 Å². The highest BCUT2D eigenvalue weighted by molar-refractivity contribution is 5.21. The molecular formula is C11H12F2N4. The normalized spacial score (nSPS) is 10.8. The predicted octanol–water partition coefficient (Wildman–Crippen LogP) is 1.17. The Hall–Kier alpha value is -1.82. The zero-order chi connectivity index (χ0) is 12.3. The van der Waals surface area contributed by atoms with Crippen LogP contribution in [0.15, 0.2) is 18.2 Å². The van der Waals surface area contributed by atoms with Crippen LogP contribution < -0.4 is 5.73 Å². The van der Waals surface area contributed by atoms with E-state index in [1.807, 2.05) is 0 Å². The van der Waals surface area contributed by atoms with E-state index >= 15 is 0 Å². The van der Waals surface area contributed by atoms with Crippen molar-refractivity contribution in [3.8, 4) is 0 Å². The lowest BCUT2D eigenvalue weighted by Crippen LogP contribution is -2.04. The summed E-state index contributed by atoms with van der Waals surface area (Å²) in [6.45, 7) is 0.461. The Morgan fingerprint density at radius 1 is 1.29 bits per heavy atom. The van der Waals surface area contributed by atoms with Crippen molar-refractivity contribution in [3.05, 3.63) is 47.0 Å². The predicted molar refractivity (Wildman–Crippen MR) is 58.3 cm³/mol. The number of hydrogen-bond donors (Lipinski definition) is 2. The Bertz CT molecular complexity index is 510. The zero-order valence-corrected chi connectivity index (χ0v) is 9.08. The minimum absolute atomic E-state index is 0.254. The molecule has 0 saturated heterocycles. The fraction of sp³-hybridized carbons (Fsp3) is 0.273. The van der Waals surface area contributed by atoms with Crippen LogP contribution in [-0.2, 0) is 12.8 Å². The topological polar surface area (TPSA) is 67.6 Å². The molecule has 17 heavy (non-hydrogen) atoms. The van der Waals surface area contributed by atoms with E-state index in [0.29, 0.717) is 30.2 Å². The molecule has 0 atom stereocenters. The van der Waals surface area contributed by atoms with Crippen molar-refractivity contribution >= 4 is 0 Å². The van der Waals surface area contributed by atoms with Gasteiger partial charge in [0.05, 0.1) is 0 Å². The van der Waals surface area contributed by atoms with Gasteiger partial charge < -0.3 is 5.73 Å². The molecule has 6 heteroatoms. The van der Waals surface area contributed by atoms with E-state index < -0.39 is 11.6 Å². The van der Waals surface area contributed by atoms with Crippen LogP contribution in [0.2, 0.25) is 0 Å². The Morgan fingerprint density at radius 3 is 2.82 bits per heavy atom. The van der Waals surface area contributed by atoms with Crippen LogP contribution in [0.5, 0.6) is 0 Å². The van der Waals surface area contributed by atoms with Crippen LogP contribution in [0.4, 0.5) is 8.78 Å². The highest BCUT2D eigenvalue weighted by atomic mass is 19.1. The maximum atomic E-state index is 13.4. The third kappa shape index (κ3) is 2.85. The van der Waals surface area contributed by atoms with Crippen molar-refractivity contribution in [1.29, 1.82) is 0 Å². The molecular weight excluding hydrogens is 226 g/mol. The molecule has 0 amide bonds. The molecule has 0 radical (unpaired) electrons. The van der Waals surface area contributed by atoms with Crippen molar-refractivity contribution in [2.75, 3.05) is 6.54 Å². The largest absolute Gasteiger partial charge is 0.330 e. The number of halogens is 2. The van der Waals surface area contributed by atoms with Crippen molar-refractivity contribution in [2.24, 2.45) is 5.73 Å². The molecule has 1 aromatic heterocycles. The number of aromatic amines is 1. The molecule has 1 aromatic carbocycles. The van der Waals surface area contributed by atoms with Gasteiger partial charge in [0, 0.05) is 18.9 Å². The maximum absolute atomic E-state index is 13.4. The second kappa shape index (κ2) is 5.01. The SMILES string of the molecule is NCCc1n[nH]c(Cc2ccc(F)cc2F)n1. The van der Waals surface area contributed by atoms with Gasteiger partial charge in [-0.2, -0.15) is 5.10 Å². The van der Waals surface area contributed by atoms with Crippen LogP contribution in [0.3, 0.4) is 0 Å². The number of nitrogens with two attached hydrogens (primary N) is 1. The Balaban J connectivity index is 2.13. The van der Waals surface area contributed by atoms with E-state index in [0.717, 1.165) is 6.07 Å².